The third-order valence-electron chi connectivity index (χ3n) is 6.15. The first-order valence-corrected chi connectivity index (χ1v) is 13.4. The molecule has 6 nitrogen and oxygen atoms in total. The van der Waals surface area contributed by atoms with Crippen LogP contribution < -0.4 is 15.3 Å². The lowest BCUT2D eigenvalue weighted by Crippen LogP contribution is -2.66. The number of nitro benzene ring substituents is 1. The fourth-order valence-corrected chi connectivity index (χ4v) is 8.99. The van der Waals surface area contributed by atoms with Gasteiger partial charge in [-0.25, -0.2) is 4.39 Å². The quantitative estimate of drug-likeness (QED) is 0.181. The summed E-state index contributed by atoms with van der Waals surface area (Å²) in [5.41, 5.74) is -0.381. The molecule has 0 aromatic heterocycles. The number of non-ortho nitro benzene ring substituents is 1. The average Bonchev–Trinajstić information content (AvgIpc) is 2.84. The van der Waals surface area contributed by atoms with Crippen LogP contribution in [-0.2, 0) is 9.22 Å². The molecule has 184 valence electrons. The Morgan fingerprint density at radius 2 is 1.54 bits per heavy atom. The molecular formula is C27H31FN2O4Si. The summed E-state index contributed by atoms with van der Waals surface area (Å²) in [5, 5.41) is 13.2. The number of anilines is 1. The van der Waals surface area contributed by atoms with E-state index in [4.69, 9.17) is 4.43 Å². The zero-order valence-electron chi connectivity index (χ0n) is 20.5. The van der Waals surface area contributed by atoms with Gasteiger partial charge in [-0.2, -0.15) is 0 Å². The highest BCUT2D eigenvalue weighted by atomic mass is 28.4. The van der Waals surface area contributed by atoms with E-state index in [-0.39, 0.29) is 28.7 Å². The third kappa shape index (κ3) is 5.66. The second-order valence-electron chi connectivity index (χ2n) is 9.46. The molecule has 3 aromatic rings. The lowest BCUT2D eigenvalue weighted by Gasteiger charge is -2.43. The first kappa shape index (κ1) is 26.2. The minimum Gasteiger partial charge on any atom is -0.407 e. The van der Waals surface area contributed by atoms with Crippen LogP contribution in [0.2, 0.25) is 5.04 Å². The summed E-state index contributed by atoms with van der Waals surface area (Å²) in [5.74, 6) is -1.02. The van der Waals surface area contributed by atoms with Crippen LogP contribution in [0.1, 0.15) is 33.6 Å². The Bertz CT molecular complexity index is 1130. The molecule has 0 aliphatic heterocycles. The van der Waals surface area contributed by atoms with Gasteiger partial charge in [-0.05, 0) is 27.9 Å². The maximum absolute atomic E-state index is 14.3. The molecule has 0 fully saturated rings. The number of nitro groups is 1. The summed E-state index contributed by atoms with van der Waals surface area (Å²) in [4.78, 5) is 24.3. The number of halogens is 1. The lowest BCUT2D eigenvalue weighted by molar-refractivity contribution is -0.384. The van der Waals surface area contributed by atoms with E-state index < -0.39 is 19.1 Å². The van der Waals surface area contributed by atoms with Gasteiger partial charge in [-0.3, -0.25) is 14.9 Å². The van der Waals surface area contributed by atoms with Crippen LogP contribution in [0.3, 0.4) is 0 Å². The summed E-state index contributed by atoms with van der Waals surface area (Å²) in [6.45, 7) is 6.90. The smallest absolute Gasteiger partial charge is 0.271 e. The van der Waals surface area contributed by atoms with Crippen LogP contribution in [-0.4, -0.2) is 32.8 Å². The van der Waals surface area contributed by atoms with E-state index in [1.807, 2.05) is 36.4 Å². The molecule has 0 heterocycles. The highest BCUT2D eigenvalue weighted by Crippen LogP contribution is 2.37. The summed E-state index contributed by atoms with van der Waals surface area (Å²) in [7, 11) is -1.28. The van der Waals surface area contributed by atoms with E-state index in [9.17, 15) is 19.3 Å². The number of nitrogens with zero attached hydrogens (tertiary/aromatic N) is 2. The van der Waals surface area contributed by atoms with Crippen molar-refractivity contribution < 1.29 is 18.5 Å². The topological polar surface area (TPSA) is 72.7 Å². The number of hydrogen-bond acceptors (Lipinski definition) is 4. The van der Waals surface area contributed by atoms with Crippen molar-refractivity contribution >= 4 is 36.0 Å². The molecule has 8 heteroatoms. The van der Waals surface area contributed by atoms with Crippen LogP contribution in [0, 0.1) is 15.9 Å². The molecule has 0 saturated carbocycles. The van der Waals surface area contributed by atoms with Crippen LogP contribution in [0.25, 0.3) is 0 Å². The van der Waals surface area contributed by atoms with Crippen molar-refractivity contribution in [2.45, 2.75) is 38.7 Å². The minimum atomic E-state index is -2.70. The molecule has 35 heavy (non-hydrogen) atoms. The van der Waals surface area contributed by atoms with Crippen LogP contribution in [0.4, 0.5) is 15.8 Å². The van der Waals surface area contributed by atoms with Crippen molar-refractivity contribution in [1.29, 1.82) is 0 Å². The second kappa shape index (κ2) is 10.9. The molecule has 0 atom stereocenters. The Morgan fingerprint density at radius 1 is 1.00 bits per heavy atom. The molecule has 0 N–H and O–H groups in total. The molecule has 0 unspecified atom stereocenters. The highest BCUT2D eigenvalue weighted by molar-refractivity contribution is 6.99. The van der Waals surface area contributed by atoms with E-state index in [1.54, 1.807) is 0 Å². The van der Waals surface area contributed by atoms with Crippen molar-refractivity contribution in [1.82, 2.24) is 0 Å². The summed E-state index contributed by atoms with van der Waals surface area (Å²) in [6, 6.07) is 23.6. The molecule has 1 amide bonds. The molecule has 0 aliphatic rings. The van der Waals surface area contributed by atoms with Crippen molar-refractivity contribution in [3.8, 4) is 0 Å². The van der Waals surface area contributed by atoms with Crippen LogP contribution in [0.15, 0.2) is 78.9 Å². The predicted molar refractivity (Wildman–Crippen MR) is 139 cm³/mol. The fourth-order valence-electron chi connectivity index (χ4n) is 4.38. The lowest BCUT2D eigenvalue weighted by atomic mass is 10.2. The van der Waals surface area contributed by atoms with Crippen LogP contribution in [0.5, 0.6) is 0 Å². The number of rotatable bonds is 9. The Morgan fingerprint density at radius 3 is 2.03 bits per heavy atom. The summed E-state index contributed by atoms with van der Waals surface area (Å²) in [6.07, 6.45) is 0.557. The number of hydrogen-bond donors (Lipinski definition) is 0. The van der Waals surface area contributed by atoms with E-state index >= 15 is 0 Å². The third-order valence-corrected chi connectivity index (χ3v) is 11.2. The minimum absolute atomic E-state index is 0.114. The molecule has 0 saturated heterocycles. The maximum Gasteiger partial charge on any atom is 0.271 e. The largest absolute Gasteiger partial charge is 0.407 e. The Balaban J connectivity index is 1.78. The van der Waals surface area contributed by atoms with Gasteiger partial charge in [0, 0.05) is 32.2 Å². The number of carbonyl (C=O) groups excluding carboxylic acids is 1. The van der Waals surface area contributed by atoms with Gasteiger partial charge < -0.3 is 9.33 Å². The van der Waals surface area contributed by atoms with Gasteiger partial charge in [0.25, 0.3) is 14.0 Å². The predicted octanol–water partition coefficient (Wildman–Crippen LogP) is 5.05. The number of benzene rings is 3. The van der Waals surface area contributed by atoms with E-state index in [0.29, 0.717) is 13.0 Å². The monoisotopic (exact) mass is 494 g/mol. The molecule has 0 aliphatic carbocycles. The number of carbonyl (C=O) groups is 1. The van der Waals surface area contributed by atoms with Crippen molar-refractivity contribution in [3.63, 3.8) is 0 Å². The van der Waals surface area contributed by atoms with Gasteiger partial charge in [0.15, 0.2) is 0 Å². The van der Waals surface area contributed by atoms with Gasteiger partial charge in [0.2, 0.25) is 5.91 Å². The Labute approximate surface area is 206 Å². The van der Waals surface area contributed by atoms with Gasteiger partial charge in [0.05, 0.1) is 10.6 Å². The molecule has 0 bridgehead atoms. The number of amides is 1. The second-order valence-corrected chi connectivity index (χ2v) is 13.8. The van der Waals surface area contributed by atoms with Crippen LogP contribution >= 0.6 is 0 Å². The fraction of sp³-hybridized carbons (Fsp3) is 0.296. The highest BCUT2D eigenvalue weighted by Gasteiger charge is 2.49. The molecular weight excluding hydrogens is 463 g/mol. The van der Waals surface area contributed by atoms with Gasteiger partial charge >= 0.3 is 0 Å². The van der Waals surface area contributed by atoms with Crippen molar-refractivity contribution in [2.75, 3.05) is 18.6 Å². The summed E-state index contributed by atoms with van der Waals surface area (Å²) < 4.78 is 21.0. The van der Waals surface area contributed by atoms with Gasteiger partial charge in [-0.1, -0.05) is 81.4 Å². The van der Waals surface area contributed by atoms with Gasteiger partial charge in [0.1, 0.15) is 5.82 Å². The average molecular weight is 495 g/mol. The van der Waals surface area contributed by atoms with E-state index in [1.165, 1.54) is 7.05 Å². The maximum atomic E-state index is 14.3. The normalized spacial score (nSPS) is 11.8. The zero-order chi connectivity index (χ0) is 25.6. The Hall–Kier alpha value is -3.36. The molecule has 3 aromatic carbocycles. The zero-order valence-corrected chi connectivity index (χ0v) is 21.5. The molecule has 0 radical (unpaired) electrons. The van der Waals surface area contributed by atoms with Crippen molar-refractivity contribution in [3.05, 3.63) is 94.8 Å². The van der Waals surface area contributed by atoms with E-state index in [0.717, 1.165) is 33.5 Å². The standard InChI is InChI=1S/C27H31FN2O4Si/c1-27(2,3)35(22-12-7-5-8-13-22,23-14-9-6-10-15-23)34-19-11-16-26(31)29(4)25-20-21(30(32)33)17-18-24(25)28/h5-10,12-15,17-18,20H,11,16,19H2,1-4H3. The Kier molecular flexibility index (Phi) is 8.19. The molecule has 0 spiro atoms. The van der Waals surface area contributed by atoms with E-state index in [2.05, 4.69) is 45.0 Å². The first-order valence-electron chi connectivity index (χ1n) is 11.5. The SMILES string of the molecule is CN(C(=O)CCCO[Si](c1ccccc1)(c1ccccc1)C(C)(C)C)c1cc([N+](=O)[O-])ccc1F. The van der Waals surface area contributed by atoms with Gasteiger partial charge in [-0.15, -0.1) is 0 Å². The first-order chi connectivity index (χ1) is 16.6. The van der Waals surface area contributed by atoms with Crippen molar-refractivity contribution in [2.24, 2.45) is 0 Å². The molecule has 3 rings (SSSR count). The summed E-state index contributed by atoms with van der Waals surface area (Å²) >= 11 is 0.